The van der Waals surface area contributed by atoms with Crippen molar-refractivity contribution in [3.05, 3.63) is 11.6 Å². The molecule has 0 fully saturated rings. The van der Waals surface area contributed by atoms with Gasteiger partial charge >= 0.3 is 0 Å². The molecule has 0 heterocycles. The third kappa shape index (κ3) is 2.29. The molecule has 0 spiro atoms. The van der Waals surface area contributed by atoms with Crippen molar-refractivity contribution in [1.29, 1.82) is 0 Å². The zero-order chi connectivity index (χ0) is 6.85. The fourth-order valence-corrected chi connectivity index (χ4v) is 1.10. The van der Waals surface area contributed by atoms with Crippen molar-refractivity contribution in [3.8, 4) is 0 Å². The van der Waals surface area contributed by atoms with Gasteiger partial charge in [0.1, 0.15) is 0 Å². The molecule has 1 rings (SSSR count). The maximum atomic E-state index is 9.04. The van der Waals surface area contributed by atoms with Crippen LogP contribution in [0.15, 0.2) is 11.6 Å². The van der Waals surface area contributed by atoms with Crippen LogP contribution in [-0.2, 0) is 0 Å². The Hall–Kier alpha value is -0.0500. The van der Waals surface area contributed by atoms with Crippen LogP contribution in [0.5, 0.6) is 0 Å². The van der Waals surface area contributed by atoms with E-state index in [0.29, 0.717) is 0 Å². The second kappa shape index (κ2) is 3.96. The molecule has 0 aromatic heterocycles. The number of aliphatic hydroxyl groups is 1. The molecule has 0 aliphatic heterocycles. The number of nitrogens with two attached hydrogens (primary N) is 1. The molecule has 60 valence electrons. The van der Waals surface area contributed by atoms with Crippen LogP contribution >= 0.6 is 12.4 Å². The smallest absolute Gasteiger partial charge is 0.0612 e. The molecule has 0 amide bonds. The fourth-order valence-electron chi connectivity index (χ4n) is 1.10. The lowest BCUT2D eigenvalue weighted by molar-refractivity contribution is 0.187. The third-order valence-electron chi connectivity index (χ3n) is 1.71. The zero-order valence-corrected chi connectivity index (χ0v) is 6.90. The Balaban J connectivity index is 0.000000810. The molecule has 0 radical (unpaired) electrons. The van der Waals surface area contributed by atoms with E-state index in [1.807, 2.05) is 13.0 Å². The van der Waals surface area contributed by atoms with Crippen LogP contribution in [-0.4, -0.2) is 17.3 Å². The SMILES string of the molecule is C[C@@H](N)C1=CCC(O)C1.Cl. The molecular formula is C7H14ClNO. The summed E-state index contributed by atoms with van der Waals surface area (Å²) in [5.74, 6) is 0. The maximum absolute atomic E-state index is 9.04. The summed E-state index contributed by atoms with van der Waals surface area (Å²) in [6.07, 6.45) is 3.44. The van der Waals surface area contributed by atoms with Crippen LogP contribution in [0.3, 0.4) is 0 Å². The van der Waals surface area contributed by atoms with E-state index < -0.39 is 0 Å². The molecule has 1 aliphatic rings. The van der Waals surface area contributed by atoms with Gasteiger partial charge in [0.15, 0.2) is 0 Å². The molecule has 2 atom stereocenters. The highest BCUT2D eigenvalue weighted by Gasteiger charge is 2.15. The lowest BCUT2D eigenvalue weighted by Gasteiger charge is -2.05. The van der Waals surface area contributed by atoms with Crippen LogP contribution in [0.1, 0.15) is 19.8 Å². The van der Waals surface area contributed by atoms with Gasteiger partial charge in [0.05, 0.1) is 6.10 Å². The van der Waals surface area contributed by atoms with Gasteiger partial charge in [0.25, 0.3) is 0 Å². The van der Waals surface area contributed by atoms with Gasteiger partial charge in [-0.1, -0.05) is 11.6 Å². The van der Waals surface area contributed by atoms with Gasteiger partial charge in [0.2, 0.25) is 0 Å². The number of hydrogen-bond donors (Lipinski definition) is 2. The van der Waals surface area contributed by atoms with E-state index in [9.17, 15) is 0 Å². The second-order valence-corrected chi connectivity index (χ2v) is 2.66. The largest absolute Gasteiger partial charge is 0.392 e. The molecule has 0 saturated heterocycles. The number of halogens is 1. The molecule has 3 heteroatoms. The number of aliphatic hydroxyl groups excluding tert-OH is 1. The molecule has 0 aromatic rings. The summed E-state index contributed by atoms with van der Waals surface area (Å²) in [5.41, 5.74) is 6.78. The number of rotatable bonds is 1. The van der Waals surface area contributed by atoms with Gasteiger partial charge in [0, 0.05) is 6.04 Å². The van der Waals surface area contributed by atoms with E-state index in [4.69, 9.17) is 10.8 Å². The lowest BCUT2D eigenvalue weighted by atomic mass is 10.1. The molecule has 1 aliphatic carbocycles. The van der Waals surface area contributed by atoms with Crippen molar-refractivity contribution in [2.75, 3.05) is 0 Å². The van der Waals surface area contributed by atoms with Gasteiger partial charge in [-0.3, -0.25) is 0 Å². The van der Waals surface area contributed by atoms with E-state index >= 15 is 0 Å². The maximum Gasteiger partial charge on any atom is 0.0612 e. The Bertz CT molecular complexity index is 134. The van der Waals surface area contributed by atoms with E-state index in [1.54, 1.807) is 0 Å². The molecular weight excluding hydrogens is 150 g/mol. The molecule has 0 bridgehead atoms. The first kappa shape index (κ1) is 9.95. The standard InChI is InChI=1S/C7H13NO.ClH/c1-5(8)6-2-3-7(9)4-6;/h2,5,7,9H,3-4,8H2,1H3;1H/t5-,7?;/m1./s1. The number of hydrogen-bond acceptors (Lipinski definition) is 2. The minimum Gasteiger partial charge on any atom is -0.392 e. The summed E-state index contributed by atoms with van der Waals surface area (Å²) < 4.78 is 0. The van der Waals surface area contributed by atoms with Gasteiger partial charge < -0.3 is 10.8 Å². The van der Waals surface area contributed by atoms with Gasteiger partial charge in [-0.2, -0.15) is 0 Å². The first-order valence-corrected chi connectivity index (χ1v) is 3.32. The first-order valence-electron chi connectivity index (χ1n) is 3.32. The van der Waals surface area contributed by atoms with Crippen molar-refractivity contribution >= 4 is 12.4 Å². The van der Waals surface area contributed by atoms with Crippen LogP contribution in [0.25, 0.3) is 0 Å². The summed E-state index contributed by atoms with van der Waals surface area (Å²) in [4.78, 5) is 0. The van der Waals surface area contributed by atoms with E-state index in [0.717, 1.165) is 12.8 Å². The summed E-state index contributed by atoms with van der Waals surface area (Å²) in [5, 5.41) is 9.04. The van der Waals surface area contributed by atoms with Crippen molar-refractivity contribution in [3.63, 3.8) is 0 Å². The predicted octanol–water partition coefficient (Wildman–Crippen LogP) is 0.837. The van der Waals surface area contributed by atoms with E-state index in [-0.39, 0.29) is 24.6 Å². The Morgan fingerprint density at radius 2 is 2.40 bits per heavy atom. The van der Waals surface area contributed by atoms with E-state index in [1.165, 1.54) is 5.57 Å². The highest BCUT2D eigenvalue weighted by Crippen LogP contribution is 2.19. The summed E-state index contributed by atoms with van der Waals surface area (Å²) in [7, 11) is 0. The van der Waals surface area contributed by atoms with Gasteiger partial charge in [-0.05, 0) is 19.8 Å². The Kier molecular flexibility index (Phi) is 3.94. The topological polar surface area (TPSA) is 46.2 Å². The van der Waals surface area contributed by atoms with E-state index in [2.05, 4.69) is 0 Å². The van der Waals surface area contributed by atoms with Gasteiger partial charge in [-0.15, -0.1) is 12.4 Å². The quantitative estimate of drug-likeness (QED) is 0.563. The molecule has 0 saturated carbocycles. The summed E-state index contributed by atoms with van der Waals surface area (Å²) in [6, 6.07) is 0.127. The normalized spacial score (nSPS) is 27.1. The van der Waals surface area contributed by atoms with Crippen LogP contribution in [0.4, 0.5) is 0 Å². The van der Waals surface area contributed by atoms with Crippen molar-refractivity contribution in [1.82, 2.24) is 0 Å². The molecule has 2 nitrogen and oxygen atoms in total. The minimum atomic E-state index is -0.161. The second-order valence-electron chi connectivity index (χ2n) is 2.66. The summed E-state index contributed by atoms with van der Waals surface area (Å²) in [6.45, 7) is 1.95. The highest BCUT2D eigenvalue weighted by atomic mass is 35.5. The molecule has 1 unspecified atom stereocenters. The summed E-state index contributed by atoms with van der Waals surface area (Å²) >= 11 is 0. The average molecular weight is 164 g/mol. The first-order chi connectivity index (χ1) is 4.20. The molecule has 0 aromatic carbocycles. The Morgan fingerprint density at radius 1 is 1.80 bits per heavy atom. The average Bonchev–Trinajstić information content (AvgIpc) is 2.14. The molecule has 3 N–H and O–H groups in total. The van der Waals surface area contributed by atoms with Crippen LogP contribution < -0.4 is 5.73 Å². The van der Waals surface area contributed by atoms with Crippen LogP contribution in [0.2, 0.25) is 0 Å². The highest BCUT2D eigenvalue weighted by molar-refractivity contribution is 5.85. The molecule has 10 heavy (non-hydrogen) atoms. The van der Waals surface area contributed by atoms with Crippen molar-refractivity contribution in [2.45, 2.75) is 31.9 Å². The Morgan fingerprint density at radius 3 is 2.60 bits per heavy atom. The zero-order valence-electron chi connectivity index (χ0n) is 6.08. The van der Waals surface area contributed by atoms with Crippen LogP contribution in [0, 0.1) is 0 Å². The van der Waals surface area contributed by atoms with Gasteiger partial charge in [-0.25, -0.2) is 0 Å². The minimum absolute atomic E-state index is 0. The van der Waals surface area contributed by atoms with Crippen molar-refractivity contribution in [2.24, 2.45) is 5.73 Å². The lowest BCUT2D eigenvalue weighted by Crippen LogP contribution is -2.17. The van der Waals surface area contributed by atoms with Crippen molar-refractivity contribution < 1.29 is 5.11 Å². The fraction of sp³-hybridized carbons (Fsp3) is 0.714. The monoisotopic (exact) mass is 163 g/mol. The predicted molar refractivity (Wildman–Crippen MR) is 44.2 cm³/mol. The third-order valence-corrected chi connectivity index (χ3v) is 1.71. The Labute approximate surface area is 67.5 Å².